The van der Waals surface area contributed by atoms with Crippen LogP contribution in [0.3, 0.4) is 0 Å². The number of nitrogens with one attached hydrogen (secondary N) is 1. The molecule has 0 radical (unpaired) electrons. The maximum absolute atomic E-state index is 11.3. The van der Waals surface area contributed by atoms with Crippen LogP contribution in [-0.4, -0.2) is 50.2 Å². The van der Waals surface area contributed by atoms with Crippen molar-refractivity contribution < 1.29 is 9.53 Å². The van der Waals surface area contributed by atoms with Gasteiger partial charge in [0.15, 0.2) is 0 Å². The first-order valence-corrected chi connectivity index (χ1v) is 6.79. The Morgan fingerprint density at radius 3 is 2.82 bits per heavy atom. The molecule has 98 valence electrons. The summed E-state index contributed by atoms with van der Waals surface area (Å²) in [6.07, 6.45) is 6.78. The molecule has 0 spiro atoms. The summed E-state index contributed by atoms with van der Waals surface area (Å²) in [4.78, 5) is 13.9. The van der Waals surface area contributed by atoms with Gasteiger partial charge in [-0.1, -0.05) is 12.8 Å². The minimum absolute atomic E-state index is 0.00631. The number of nitrogens with zero attached hydrogens (tertiary/aromatic N) is 1. The van der Waals surface area contributed by atoms with E-state index in [2.05, 4.69) is 10.2 Å². The van der Waals surface area contributed by atoms with Gasteiger partial charge in [-0.25, -0.2) is 0 Å². The van der Waals surface area contributed by atoms with E-state index in [-0.39, 0.29) is 12.5 Å². The molecule has 2 aliphatic rings. The summed E-state index contributed by atoms with van der Waals surface area (Å²) in [5.41, 5.74) is 0. The van der Waals surface area contributed by atoms with Gasteiger partial charge in [-0.2, -0.15) is 0 Å². The Hall–Kier alpha value is -0.610. The van der Waals surface area contributed by atoms with E-state index in [0.717, 1.165) is 19.1 Å². The van der Waals surface area contributed by atoms with Crippen molar-refractivity contribution in [1.29, 1.82) is 0 Å². The van der Waals surface area contributed by atoms with Crippen LogP contribution in [0.15, 0.2) is 0 Å². The van der Waals surface area contributed by atoms with Crippen molar-refractivity contribution in [2.24, 2.45) is 5.92 Å². The summed E-state index contributed by atoms with van der Waals surface area (Å²) >= 11 is 0. The van der Waals surface area contributed by atoms with Gasteiger partial charge in [0.1, 0.15) is 6.61 Å². The molecule has 1 N–H and O–H groups in total. The lowest BCUT2D eigenvalue weighted by molar-refractivity contribution is -0.124. The highest BCUT2D eigenvalue weighted by atomic mass is 16.5. The fourth-order valence-electron chi connectivity index (χ4n) is 3.07. The molecule has 17 heavy (non-hydrogen) atoms. The minimum atomic E-state index is 0.00631. The number of hydrogen-bond acceptors (Lipinski definition) is 3. The number of carbonyl (C=O) groups is 1. The third-order valence-electron chi connectivity index (χ3n) is 4.02. The lowest BCUT2D eigenvalue weighted by atomic mass is 10.1. The van der Waals surface area contributed by atoms with Crippen LogP contribution in [0.25, 0.3) is 0 Å². The highest BCUT2D eigenvalue weighted by molar-refractivity contribution is 5.77. The van der Waals surface area contributed by atoms with E-state index in [1.807, 2.05) is 0 Å². The van der Waals surface area contributed by atoms with Crippen molar-refractivity contribution in [3.05, 3.63) is 0 Å². The molecule has 0 aromatic heterocycles. The van der Waals surface area contributed by atoms with Crippen molar-refractivity contribution in [3.63, 3.8) is 0 Å². The SMILES string of the molecule is COCC(=O)NCC1CCN(C2CCCC2)C1. The Morgan fingerprint density at radius 1 is 1.35 bits per heavy atom. The van der Waals surface area contributed by atoms with Crippen LogP contribution in [0.4, 0.5) is 0 Å². The molecule has 4 heteroatoms. The molecule has 4 nitrogen and oxygen atoms in total. The van der Waals surface area contributed by atoms with Crippen molar-refractivity contribution in [3.8, 4) is 0 Å². The monoisotopic (exact) mass is 240 g/mol. The van der Waals surface area contributed by atoms with Gasteiger partial charge in [-0.3, -0.25) is 4.79 Å². The topological polar surface area (TPSA) is 41.6 Å². The minimum Gasteiger partial charge on any atom is -0.375 e. The molecular weight excluding hydrogens is 216 g/mol. The zero-order chi connectivity index (χ0) is 12.1. The van der Waals surface area contributed by atoms with E-state index < -0.39 is 0 Å². The number of carbonyl (C=O) groups excluding carboxylic acids is 1. The Kier molecular flexibility index (Phi) is 4.80. The largest absolute Gasteiger partial charge is 0.375 e. The number of likely N-dealkylation sites (tertiary alicyclic amines) is 1. The second-order valence-corrected chi connectivity index (χ2v) is 5.33. The normalized spacial score (nSPS) is 26.5. The molecule has 1 saturated heterocycles. The van der Waals surface area contributed by atoms with Gasteiger partial charge in [-0.05, 0) is 31.7 Å². The first-order valence-electron chi connectivity index (χ1n) is 6.79. The second kappa shape index (κ2) is 6.36. The van der Waals surface area contributed by atoms with Gasteiger partial charge in [0.05, 0.1) is 0 Å². The number of amides is 1. The Balaban J connectivity index is 1.65. The van der Waals surface area contributed by atoms with E-state index in [4.69, 9.17) is 4.74 Å². The Bertz CT molecular complexity index is 252. The first kappa shape index (κ1) is 12.8. The van der Waals surface area contributed by atoms with Crippen LogP contribution in [0.2, 0.25) is 0 Å². The van der Waals surface area contributed by atoms with Gasteiger partial charge >= 0.3 is 0 Å². The van der Waals surface area contributed by atoms with Crippen molar-refractivity contribution >= 4 is 5.91 Å². The number of ether oxygens (including phenoxy) is 1. The lowest BCUT2D eigenvalue weighted by Crippen LogP contribution is -2.35. The molecular formula is C13H24N2O2. The van der Waals surface area contributed by atoms with E-state index in [1.54, 1.807) is 7.11 Å². The zero-order valence-corrected chi connectivity index (χ0v) is 10.8. The van der Waals surface area contributed by atoms with Gasteiger partial charge in [0.2, 0.25) is 5.91 Å². The molecule has 1 aliphatic carbocycles. The smallest absolute Gasteiger partial charge is 0.245 e. The first-order chi connectivity index (χ1) is 8.29. The standard InChI is InChI=1S/C13H24N2O2/c1-17-10-13(16)14-8-11-6-7-15(9-11)12-4-2-3-5-12/h11-12H,2-10H2,1H3,(H,14,16). The molecule has 1 unspecified atom stereocenters. The van der Waals surface area contributed by atoms with Crippen molar-refractivity contribution in [2.75, 3.05) is 33.4 Å². The summed E-state index contributed by atoms with van der Waals surface area (Å²) < 4.78 is 4.80. The molecule has 2 rings (SSSR count). The van der Waals surface area contributed by atoms with Gasteiger partial charge < -0.3 is 15.0 Å². The predicted molar refractivity (Wildman–Crippen MR) is 66.8 cm³/mol. The summed E-state index contributed by atoms with van der Waals surface area (Å²) in [7, 11) is 1.55. The second-order valence-electron chi connectivity index (χ2n) is 5.33. The number of rotatable bonds is 5. The highest BCUT2D eigenvalue weighted by Gasteiger charge is 2.29. The van der Waals surface area contributed by atoms with Crippen LogP contribution in [0, 0.1) is 5.92 Å². The maximum atomic E-state index is 11.3. The molecule has 1 amide bonds. The lowest BCUT2D eigenvalue weighted by Gasteiger charge is -2.23. The van der Waals surface area contributed by atoms with Gasteiger partial charge in [-0.15, -0.1) is 0 Å². The van der Waals surface area contributed by atoms with E-state index in [9.17, 15) is 4.79 Å². The van der Waals surface area contributed by atoms with E-state index >= 15 is 0 Å². The Labute approximate surface area is 104 Å². The number of hydrogen-bond donors (Lipinski definition) is 1. The van der Waals surface area contributed by atoms with Crippen LogP contribution >= 0.6 is 0 Å². The fraction of sp³-hybridized carbons (Fsp3) is 0.923. The van der Waals surface area contributed by atoms with Crippen LogP contribution in [-0.2, 0) is 9.53 Å². The molecule has 1 saturated carbocycles. The number of methoxy groups -OCH3 is 1. The zero-order valence-electron chi connectivity index (χ0n) is 10.8. The molecule has 2 fully saturated rings. The predicted octanol–water partition coefficient (Wildman–Crippen LogP) is 1.01. The molecule has 1 aliphatic heterocycles. The van der Waals surface area contributed by atoms with E-state index in [0.29, 0.717) is 5.92 Å². The average molecular weight is 240 g/mol. The molecule has 0 bridgehead atoms. The third-order valence-corrected chi connectivity index (χ3v) is 4.02. The fourth-order valence-corrected chi connectivity index (χ4v) is 3.07. The summed E-state index contributed by atoms with van der Waals surface area (Å²) in [6.45, 7) is 3.37. The van der Waals surface area contributed by atoms with Crippen LogP contribution in [0.1, 0.15) is 32.1 Å². The van der Waals surface area contributed by atoms with Crippen LogP contribution in [0.5, 0.6) is 0 Å². The highest BCUT2D eigenvalue weighted by Crippen LogP contribution is 2.28. The van der Waals surface area contributed by atoms with E-state index in [1.165, 1.54) is 38.6 Å². The molecule has 0 aromatic carbocycles. The summed E-state index contributed by atoms with van der Waals surface area (Å²) in [5.74, 6) is 0.642. The van der Waals surface area contributed by atoms with Crippen molar-refractivity contribution in [1.82, 2.24) is 10.2 Å². The molecule has 1 atom stereocenters. The average Bonchev–Trinajstić information content (AvgIpc) is 2.97. The quantitative estimate of drug-likeness (QED) is 0.780. The summed E-state index contributed by atoms with van der Waals surface area (Å²) in [6, 6.07) is 0.828. The summed E-state index contributed by atoms with van der Waals surface area (Å²) in [5, 5.41) is 2.95. The van der Waals surface area contributed by atoms with Crippen LogP contribution < -0.4 is 5.32 Å². The molecule has 1 heterocycles. The maximum Gasteiger partial charge on any atom is 0.245 e. The molecule has 0 aromatic rings. The van der Waals surface area contributed by atoms with Gasteiger partial charge in [0.25, 0.3) is 0 Å². The third kappa shape index (κ3) is 3.68. The Morgan fingerprint density at radius 2 is 2.12 bits per heavy atom. The van der Waals surface area contributed by atoms with Crippen molar-refractivity contribution in [2.45, 2.75) is 38.1 Å². The van der Waals surface area contributed by atoms with Gasteiger partial charge in [0, 0.05) is 26.2 Å².